The number of fused-ring (bicyclic) bond motifs is 1. The molecule has 0 bridgehead atoms. The molecule has 2 aliphatic heterocycles. The summed E-state index contributed by atoms with van der Waals surface area (Å²) < 4.78 is 1.79. The standard InChI is InChI=1S/C28H35N5O2/c1-4-33-24-10-6-5-9-23(24)29-26(28(33)35)32-13-7-8-22(19-32)27(34)31-16-14-30(15-17-31)25-18-20(2)11-12-21(25)3/h5-6,9-12,18,22H,4,7-8,13-17,19H2,1-3H3. The van der Waals surface area contributed by atoms with E-state index in [0.717, 1.165) is 56.6 Å². The Kier molecular flexibility index (Phi) is 6.50. The van der Waals surface area contributed by atoms with Gasteiger partial charge in [0.05, 0.1) is 17.0 Å². The van der Waals surface area contributed by atoms with E-state index in [1.54, 1.807) is 4.57 Å². The molecule has 7 nitrogen and oxygen atoms in total. The predicted molar refractivity (Wildman–Crippen MR) is 141 cm³/mol. The SMILES string of the molecule is CCn1c(=O)c(N2CCCC(C(=O)N3CCN(c4cc(C)ccc4C)CC3)C2)nc2ccccc21. The van der Waals surface area contributed by atoms with Crippen LogP contribution >= 0.6 is 0 Å². The van der Waals surface area contributed by atoms with Crippen molar-refractivity contribution < 1.29 is 4.79 Å². The third-order valence-corrected chi connectivity index (χ3v) is 7.52. The first-order valence-corrected chi connectivity index (χ1v) is 12.8. The van der Waals surface area contributed by atoms with E-state index in [1.165, 1.54) is 16.8 Å². The van der Waals surface area contributed by atoms with Gasteiger partial charge in [-0.1, -0.05) is 24.3 Å². The molecule has 0 radical (unpaired) electrons. The van der Waals surface area contributed by atoms with Gasteiger partial charge in [0.1, 0.15) is 0 Å². The van der Waals surface area contributed by atoms with Crippen LogP contribution in [0.3, 0.4) is 0 Å². The Morgan fingerprint density at radius 3 is 2.54 bits per heavy atom. The van der Waals surface area contributed by atoms with E-state index in [1.807, 2.05) is 41.0 Å². The molecule has 184 valence electrons. The molecule has 3 heterocycles. The summed E-state index contributed by atoms with van der Waals surface area (Å²) in [4.78, 5) is 38.0. The Morgan fingerprint density at radius 2 is 1.77 bits per heavy atom. The average molecular weight is 474 g/mol. The highest BCUT2D eigenvalue weighted by molar-refractivity contribution is 5.80. The summed E-state index contributed by atoms with van der Waals surface area (Å²) in [5.74, 6) is 0.591. The summed E-state index contributed by atoms with van der Waals surface area (Å²) in [5.41, 5.74) is 5.42. The predicted octanol–water partition coefficient (Wildman–Crippen LogP) is 3.60. The van der Waals surface area contributed by atoms with Crippen molar-refractivity contribution in [2.75, 3.05) is 49.1 Å². The topological polar surface area (TPSA) is 61.7 Å². The van der Waals surface area contributed by atoms with Crippen LogP contribution in [0, 0.1) is 19.8 Å². The molecule has 2 saturated heterocycles. The second-order valence-electron chi connectivity index (χ2n) is 9.86. The smallest absolute Gasteiger partial charge is 0.293 e. The van der Waals surface area contributed by atoms with Crippen LogP contribution in [-0.2, 0) is 11.3 Å². The van der Waals surface area contributed by atoms with Gasteiger partial charge in [0.15, 0.2) is 5.82 Å². The van der Waals surface area contributed by atoms with Crippen molar-refractivity contribution in [2.45, 2.75) is 40.2 Å². The molecule has 1 aromatic heterocycles. The molecule has 1 unspecified atom stereocenters. The molecule has 0 aliphatic carbocycles. The molecule has 5 rings (SSSR count). The van der Waals surface area contributed by atoms with Gasteiger partial charge in [-0.15, -0.1) is 0 Å². The van der Waals surface area contributed by atoms with E-state index >= 15 is 0 Å². The molecule has 35 heavy (non-hydrogen) atoms. The summed E-state index contributed by atoms with van der Waals surface area (Å²) in [6.45, 7) is 11.3. The summed E-state index contributed by atoms with van der Waals surface area (Å²) in [6.07, 6.45) is 1.75. The molecule has 1 amide bonds. The number of hydrogen-bond acceptors (Lipinski definition) is 5. The highest BCUT2D eigenvalue weighted by Crippen LogP contribution is 2.26. The lowest BCUT2D eigenvalue weighted by Gasteiger charge is -2.40. The summed E-state index contributed by atoms with van der Waals surface area (Å²) >= 11 is 0. The average Bonchev–Trinajstić information content (AvgIpc) is 2.89. The maximum atomic E-state index is 13.5. The monoisotopic (exact) mass is 473 g/mol. The van der Waals surface area contributed by atoms with Gasteiger partial charge in [-0.2, -0.15) is 0 Å². The van der Waals surface area contributed by atoms with Crippen molar-refractivity contribution in [3.63, 3.8) is 0 Å². The highest BCUT2D eigenvalue weighted by Gasteiger charge is 2.32. The number of para-hydroxylation sites is 2. The quantitative estimate of drug-likeness (QED) is 0.580. The number of nitrogens with zero attached hydrogens (tertiary/aromatic N) is 5. The van der Waals surface area contributed by atoms with Crippen molar-refractivity contribution in [1.82, 2.24) is 14.5 Å². The molecule has 0 N–H and O–H groups in total. The number of aryl methyl sites for hydroxylation is 3. The van der Waals surface area contributed by atoms with Crippen molar-refractivity contribution in [1.29, 1.82) is 0 Å². The third kappa shape index (κ3) is 4.51. The van der Waals surface area contributed by atoms with Gasteiger partial charge >= 0.3 is 0 Å². The molecular formula is C28H35N5O2. The number of carbonyl (C=O) groups is 1. The summed E-state index contributed by atoms with van der Waals surface area (Å²) in [6, 6.07) is 14.3. The lowest BCUT2D eigenvalue weighted by molar-refractivity contribution is -0.136. The van der Waals surface area contributed by atoms with Crippen LogP contribution in [0.25, 0.3) is 11.0 Å². The zero-order chi connectivity index (χ0) is 24.5. The van der Waals surface area contributed by atoms with E-state index < -0.39 is 0 Å². The molecule has 2 aromatic carbocycles. The number of carbonyl (C=O) groups excluding carboxylic acids is 1. The van der Waals surface area contributed by atoms with E-state index in [0.29, 0.717) is 18.9 Å². The Labute approximate surface area is 207 Å². The van der Waals surface area contributed by atoms with Crippen LogP contribution in [0.2, 0.25) is 0 Å². The maximum Gasteiger partial charge on any atom is 0.293 e. The number of amides is 1. The first-order chi connectivity index (χ1) is 17.0. The minimum Gasteiger partial charge on any atom is -0.368 e. The van der Waals surface area contributed by atoms with Gasteiger partial charge in [0.2, 0.25) is 5.91 Å². The van der Waals surface area contributed by atoms with Crippen LogP contribution in [0.1, 0.15) is 30.9 Å². The molecule has 1 atom stereocenters. The van der Waals surface area contributed by atoms with E-state index in [9.17, 15) is 9.59 Å². The number of rotatable bonds is 4. The number of anilines is 2. The zero-order valence-corrected chi connectivity index (χ0v) is 21.0. The first kappa shape index (κ1) is 23.4. The van der Waals surface area contributed by atoms with Crippen LogP contribution in [0.5, 0.6) is 0 Å². The van der Waals surface area contributed by atoms with Gasteiger partial charge in [0, 0.05) is 51.5 Å². The molecule has 3 aromatic rings. The number of piperidine rings is 1. The maximum absolute atomic E-state index is 13.5. The number of benzene rings is 2. The van der Waals surface area contributed by atoms with Gasteiger partial charge in [-0.05, 0) is 62.9 Å². The van der Waals surface area contributed by atoms with Crippen molar-refractivity contribution in [3.8, 4) is 0 Å². The van der Waals surface area contributed by atoms with Crippen LogP contribution in [0.15, 0.2) is 47.3 Å². The second-order valence-corrected chi connectivity index (χ2v) is 9.86. The van der Waals surface area contributed by atoms with Gasteiger partial charge in [-0.25, -0.2) is 4.98 Å². The Balaban J connectivity index is 1.29. The van der Waals surface area contributed by atoms with Crippen molar-refractivity contribution in [3.05, 3.63) is 63.9 Å². The lowest BCUT2D eigenvalue weighted by Crippen LogP contribution is -2.53. The van der Waals surface area contributed by atoms with Crippen LogP contribution in [0.4, 0.5) is 11.5 Å². The van der Waals surface area contributed by atoms with Crippen LogP contribution < -0.4 is 15.4 Å². The number of aromatic nitrogens is 2. The van der Waals surface area contributed by atoms with Gasteiger partial charge < -0.3 is 19.3 Å². The molecule has 0 spiro atoms. The normalized spacial score (nSPS) is 18.8. The third-order valence-electron chi connectivity index (χ3n) is 7.52. The number of piperazine rings is 1. The molecular weight excluding hydrogens is 438 g/mol. The molecule has 2 aliphatic rings. The van der Waals surface area contributed by atoms with Gasteiger partial charge in [0.25, 0.3) is 5.56 Å². The minimum absolute atomic E-state index is 0.0681. The Bertz CT molecular complexity index is 1290. The van der Waals surface area contributed by atoms with Gasteiger partial charge in [-0.3, -0.25) is 9.59 Å². The first-order valence-electron chi connectivity index (χ1n) is 12.8. The lowest BCUT2D eigenvalue weighted by atomic mass is 9.96. The summed E-state index contributed by atoms with van der Waals surface area (Å²) in [5, 5.41) is 0. The molecule has 0 saturated carbocycles. The fourth-order valence-electron chi connectivity index (χ4n) is 5.56. The summed E-state index contributed by atoms with van der Waals surface area (Å²) in [7, 11) is 0. The zero-order valence-electron chi connectivity index (χ0n) is 21.0. The van der Waals surface area contributed by atoms with Crippen LogP contribution in [-0.4, -0.2) is 59.6 Å². The van der Waals surface area contributed by atoms with E-state index in [2.05, 4.69) is 36.9 Å². The fourth-order valence-corrected chi connectivity index (χ4v) is 5.56. The second kappa shape index (κ2) is 9.72. The molecule has 2 fully saturated rings. The van der Waals surface area contributed by atoms with Crippen molar-refractivity contribution in [2.24, 2.45) is 5.92 Å². The Hall–Kier alpha value is -3.35. The highest BCUT2D eigenvalue weighted by atomic mass is 16.2. The van der Waals surface area contributed by atoms with Crippen molar-refractivity contribution >= 4 is 28.4 Å². The van der Waals surface area contributed by atoms with E-state index in [-0.39, 0.29) is 17.4 Å². The fraction of sp³-hybridized carbons (Fsp3) is 0.464. The number of hydrogen-bond donors (Lipinski definition) is 0. The molecule has 7 heteroatoms. The Morgan fingerprint density at radius 1 is 1.00 bits per heavy atom. The largest absolute Gasteiger partial charge is 0.368 e. The minimum atomic E-state index is -0.0984. The van der Waals surface area contributed by atoms with E-state index in [4.69, 9.17) is 4.98 Å².